The Morgan fingerprint density at radius 2 is 1.41 bits per heavy atom. The van der Waals surface area contributed by atoms with Gasteiger partial charge in [-0.15, -0.1) is 0 Å². The van der Waals surface area contributed by atoms with E-state index in [-0.39, 0.29) is 5.69 Å². The fourth-order valence-corrected chi connectivity index (χ4v) is 2.20. The Labute approximate surface area is 188 Å². The number of carboxylic acid groups (broad SMARTS) is 1. The molecule has 0 aliphatic heterocycles. The Kier molecular flexibility index (Phi) is 14.0. The second-order valence-corrected chi connectivity index (χ2v) is 7.52. The molecule has 0 fully saturated rings. The van der Waals surface area contributed by atoms with E-state index in [1.165, 1.54) is 6.07 Å². The highest BCUT2D eigenvalue weighted by Crippen LogP contribution is 2.06. The number of anilines is 1. The zero-order valence-electron chi connectivity index (χ0n) is 19.1. The minimum atomic E-state index is -1.06. The Balaban J connectivity index is 1.82. The van der Waals surface area contributed by atoms with Crippen LogP contribution in [0.25, 0.3) is 0 Å². The highest BCUT2D eigenvalue weighted by atomic mass is 16.6. The topological polar surface area (TPSA) is 137 Å². The highest BCUT2D eigenvalue weighted by Gasteiger charge is 2.15. The molecule has 32 heavy (non-hydrogen) atoms. The van der Waals surface area contributed by atoms with Crippen molar-refractivity contribution in [1.29, 1.82) is 0 Å². The minimum absolute atomic E-state index is 0.00620. The zero-order chi connectivity index (χ0) is 23.7. The van der Waals surface area contributed by atoms with Gasteiger partial charge in [0.1, 0.15) is 11.4 Å². The Bertz CT molecular complexity index is 667. The van der Waals surface area contributed by atoms with Gasteiger partial charge in [0.25, 0.3) is 0 Å². The maximum Gasteiger partial charge on any atom is 0.407 e. The summed E-state index contributed by atoms with van der Waals surface area (Å²) in [5.74, 6) is -0.573. The molecule has 11 nitrogen and oxygen atoms in total. The molecular formula is C21H35N3O8. The van der Waals surface area contributed by atoms with Crippen LogP contribution in [0.1, 0.15) is 31.3 Å². The van der Waals surface area contributed by atoms with Gasteiger partial charge in [0.15, 0.2) is 5.69 Å². The number of rotatable bonds is 17. The van der Waals surface area contributed by atoms with Crippen molar-refractivity contribution >= 4 is 17.9 Å². The number of hydrogen-bond acceptors (Lipinski definition) is 9. The van der Waals surface area contributed by atoms with Crippen LogP contribution in [0, 0.1) is 0 Å². The van der Waals surface area contributed by atoms with E-state index >= 15 is 0 Å². The summed E-state index contributed by atoms with van der Waals surface area (Å²) in [7, 11) is 0. The number of ether oxygens (including phenoxy) is 5. The van der Waals surface area contributed by atoms with Crippen LogP contribution in [0.15, 0.2) is 18.2 Å². The molecule has 3 N–H and O–H groups in total. The molecule has 0 aliphatic rings. The molecule has 1 aromatic rings. The van der Waals surface area contributed by atoms with Crippen LogP contribution in [0.4, 0.5) is 10.6 Å². The minimum Gasteiger partial charge on any atom is -0.477 e. The third kappa shape index (κ3) is 15.3. The number of nitrogens with one attached hydrogen (secondary N) is 2. The molecule has 11 heteroatoms. The second kappa shape index (κ2) is 16.2. The van der Waals surface area contributed by atoms with Crippen LogP contribution >= 0.6 is 0 Å². The summed E-state index contributed by atoms with van der Waals surface area (Å²) < 4.78 is 26.7. The molecule has 182 valence electrons. The van der Waals surface area contributed by atoms with Gasteiger partial charge in [-0.3, -0.25) is 0 Å². The van der Waals surface area contributed by atoms with Crippen LogP contribution in [0.2, 0.25) is 0 Å². The number of alkyl carbamates (subject to hydrolysis) is 1. The number of pyridine rings is 1. The lowest BCUT2D eigenvalue weighted by Crippen LogP contribution is -2.34. The van der Waals surface area contributed by atoms with Crippen molar-refractivity contribution in [2.75, 3.05) is 71.3 Å². The molecule has 0 aromatic carbocycles. The van der Waals surface area contributed by atoms with E-state index in [1.54, 1.807) is 32.9 Å². The summed E-state index contributed by atoms with van der Waals surface area (Å²) in [5, 5.41) is 14.5. The van der Waals surface area contributed by atoms with Crippen molar-refractivity contribution in [2.24, 2.45) is 0 Å². The number of carbonyl (C=O) groups excluding carboxylic acids is 1. The summed E-state index contributed by atoms with van der Waals surface area (Å²) in [6.07, 6.45) is -0.461. The van der Waals surface area contributed by atoms with Crippen LogP contribution < -0.4 is 10.6 Å². The lowest BCUT2D eigenvalue weighted by Gasteiger charge is -2.19. The molecular weight excluding hydrogens is 422 g/mol. The molecule has 0 atom stereocenters. The molecule has 0 radical (unpaired) electrons. The van der Waals surface area contributed by atoms with Crippen LogP contribution in [0.5, 0.6) is 0 Å². The standard InChI is InChI=1S/C21H35N3O8/c1-21(2,3)32-20(27)23-8-10-29-12-14-31-16-15-30-13-11-28-9-7-22-18-6-4-5-17(24-18)19(25)26/h4-6H,7-16H2,1-3H3,(H,22,24)(H,23,27)(H,25,26). The molecule has 0 aliphatic carbocycles. The number of aromatic carboxylic acids is 1. The predicted molar refractivity (Wildman–Crippen MR) is 117 cm³/mol. The average Bonchev–Trinajstić information content (AvgIpc) is 2.72. The van der Waals surface area contributed by atoms with Gasteiger partial charge < -0.3 is 39.4 Å². The first-order chi connectivity index (χ1) is 15.3. The summed E-state index contributed by atoms with van der Waals surface area (Å²) in [6, 6.07) is 4.76. The molecule has 0 saturated heterocycles. The maximum absolute atomic E-state index is 11.4. The van der Waals surface area contributed by atoms with Gasteiger partial charge >= 0.3 is 12.1 Å². The van der Waals surface area contributed by atoms with E-state index in [9.17, 15) is 9.59 Å². The Hall–Kier alpha value is -2.47. The Morgan fingerprint density at radius 3 is 1.94 bits per heavy atom. The lowest BCUT2D eigenvalue weighted by atomic mass is 10.2. The van der Waals surface area contributed by atoms with E-state index in [0.29, 0.717) is 71.8 Å². The number of aromatic nitrogens is 1. The van der Waals surface area contributed by atoms with Crippen molar-refractivity contribution in [3.8, 4) is 0 Å². The number of carboxylic acids is 1. The zero-order valence-corrected chi connectivity index (χ0v) is 19.1. The fourth-order valence-electron chi connectivity index (χ4n) is 2.20. The molecule has 0 bridgehead atoms. The van der Waals surface area contributed by atoms with Crippen molar-refractivity contribution < 1.29 is 38.4 Å². The summed E-state index contributed by atoms with van der Waals surface area (Å²) in [6.45, 7) is 9.78. The normalized spacial score (nSPS) is 11.2. The number of hydrogen-bond donors (Lipinski definition) is 3. The smallest absolute Gasteiger partial charge is 0.407 e. The molecule has 1 aromatic heterocycles. The molecule has 1 amide bonds. The van der Waals surface area contributed by atoms with Gasteiger partial charge in [-0.2, -0.15) is 0 Å². The Morgan fingerprint density at radius 1 is 0.875 bits per heavy atom. The van der Waals surface area contributed by atoms with Crippen molar-refractivity contribution in [1.82, 2.24) is 10.3 Å². The average molecular weight is 458 g/mol. The first kappa shape index (κ1) is 27.6. The van der Waals surface area contributed by atoms with Crippen molar-refractivity contribution in [3.05, 3.63) is 23.9 Å². The molecule has 1 rings (SSSR count). The largest absolute Gasteiger partial charge is 0.477 e. The molecule has 0 spiro atoms. The van der Waals surface area contributed by atoms with E-state index in [4.69, 9.17) is 28.8 Å². The first-order valence-corrected chi connectivity index (χ1v) is 10.5. The number of carbonyl (C=O) groups is 2. The summed E-state index contributed by atoms with van der Waals surface area (Å²) in [5.41, 5.74) is -0.520. The monoisotopic (exact) mass is 457 g/mol. The first-order valence-electron chi connectivity index (χ1n) is 10.5. The van der Waals surface area contributed by atoms with Crippen LogP contribution in [-0.4, -0.2) is 93.7 Å². The van der Waals surface area contributed by atoms with E-state index in [1.807, 2.05) is 0 Å². The predicted octanol–water partition coefficient (Wildman–Crippen LogP) is 1.78. The quantitative estimate of drug-likeness (QED) is 0.297. The molecule has 0 unspecified atom stereocenters. The van der Waals surface area contributed by atoms with Crippen molar-refractivity contribution in [3.63, 3.8) is 0 Å². The van der Waals surface area contributed by atoms with E-state index < -0.39 is 17.7 Å². The van der Waals surface area contributed by atoms with Gasteiger partial charge in [0.05, 0.1) is 52.9 Å². The third-order valence-corrected chi connectivity index (χ3v) is 3.55. The highest BCUT2D eigenvalue weighted by molar-refractivity contribution is 5.85. The van der Waals surface area contributed by atoms with Crippen LogP contribution in [-0.2, 0) is 23.7 Å². The molecule has 1 heterocycles. The lowest BCUT2D eigenvalue weighted by molar-refractivity contribution is -0.000797. The van der Waals surface area contributed by atoms with Crippen LogP contribution in [0.3, 0.4) is 0 Å². The van der Waals surface area contributed by atoms with Gasteiger partial charge in [0.2, 0.25) is 0 Å². The number of nitrogens with zero attached hydrogens (tertiary/aromatic N) is 1. The van der Waals surface area contributed by atoms with E-state index in [0.717, 1.165) is 0 Å². The van der Waals surface area contributed by atoms with Crippen molar-refractivity contribution in [2.45, 2.75) is 26.4 Å². The van der Waals surface area contributed by atoms with Gasteiger partial charge in [-0.25, -0.2) is 14.6 Å². The van der Waals surface area contributed by atoms with Gasteiger partial charge in [-0.05, 0) is 32.9 Å². The number of amides is 1. The maximum atomic E-state index is 11.4. The van der Waals surface area contributed by atoms with Gasteiger partial charge in [-0.1, -0.05) is 6.07 Å². The second-order valence-electron chi connectivity index (χ2n) is 7.52. The molecule has 0 saturated carbocycles. The van der Waals surface area contributed by atoms with Gasteiger partial charge in [0, 0.05) is 13.1 Å². The fraction of sp³-hybridized carbons (Fsp3) is 0.667. The third-order valence-electron chi connectivity index (χ3n) is 3.55. The summed E-state index contributed by atoms with van der Waals surface area (Å²) >= 11 is 0. The van der Waals surface area contributed by atoms with E-state index in [2.05, 4.69) is 15.6 Å². The summed E-state index contributed by atoms with van der Waals surface area (Å²) in [4.78, 5) is 26.2. The SMILES string of the molecule is CC(C)(C)OC(=O)NCCOCCOCCOCCOCCNc1cccc(C(=O)O)n1.